The average Bonchev–Trinajstić information content (AvgIpc) is 3.54. The van der Waals surface area contributed by atoms with Crippen LogP contribution in [-0.4, -0.2) is 66.1 Å². The SMILES string of the molecule is CCCCCC1(OC(=O)[C@]23O[C@@]2(CC=C(C)C[C@@H](NC(N)=[NH+]C)C2CC[NH2+]C(N)C2)C(=O)C2CCCCC2C3=O)CCCC1. The molecule has 246 valence electrons. The highest BCUT2D eigenvalue weighted by molar-refractivity contribution is 6.23. The Kier molecular flexibility index (Phi) is 10.2. The molecule has 0 amide bonds. The third-order valence-electron chi connectivity index (χ3n) is 11.4. The highest BCUT2D eigenvalue weighted by atomic mass is 16.7. The summed E-state index contributed by atoms with van der Waals surface area (Å²) in [6.07, 6.45) is 15.6. The number of ether oxygens (including phenoxy) is 2. The molecule has 5 aliphatic rings. The maximum absolute atomic E-state index is 14.2. The third-order valence-corrected chi connectivity index (χ3v) is 11.4. The molecule has 0 aromatic carbocycles. The van der Waals surface area contributed by atoms with Crippen LogP contribution in [0.25, 0.3) is 0 Å². The van der Waals surface area contributed by atoms with Crippen LogP contribution in [0.15, 0.2) is 11.6 Å². The smallest absolute Gasteiger partial charge is 0.350 e. The fraction of sp³-hybridized carbons (Fsp3) is 0.824. The first-order chi connectivity index (χ1) is 21.1. The molecule has 44 heavy (non-hydrogen) atoms. The molecule has 5 fully saturated rings. The van der Waals surface area contributed by atoms with Gasteiger partial charge in [0.05, 0.1) is 19.6 Å². The number of carbonyl (C=O) groups is 3. The lowest BCUT2D eigenvalue weighted by atomic mass is 9.61. The Hall–Kier alpha value is -2.30. The first kappa shape index (κ1) is 33.1. The molecule has 2 aliphatic heterocycles. The van der Waals surface area contributed by atoms with E-state index >= 15 is 0 Å². The number of hydrogen-bond donors (Lipinski definition) is 5. The van der Waals surface area contributed by atoms with Crippen molar-refractivity contribution in [3.8, 4) is 0 Å². The minimum Gasteiger partial charge on any atom is -0.457 e. The van der Waals surface area contributed by atoms with Gasteiger partial charge in [-0.2, -0.15) is 0 Å². The summed E-state index contributed by atoms with van der Waals surface area (Å²) in [5.74, 6) is -0.900. The van der Waals surface area contributed by atoms with Crippen LogP contribution in [0.3, 0.4) is 0 Å². The highest BCUT2D eigenvalue weighted by Gasteiger charge is 2.87. The quantitative estimate of drug-likeness (QED) is 0.0410. The summed E-state index contributed by atoms with van der Waals surface area (Å²) in [6, 6.07) is 0.0579. The standard InChI is InChI=1S/C34H55N5O5/c1-4-5-8-15-32(16-9-10-17-32)43-30(42)34-29(41)25-12-7-6-11-24(25)28(40)33(34,44-34)18-13-22(2)20-26(39-31(36)37-3)23-14-19-38-27(35)21-23/h13,23-27,38H,4-12,14-21,35H2,1-3H3,(H3,36,37,39)/p+2/t23?,24?,25?,26-,27?,33+,34+/m1/s1. The van der Waals surface area contributed by atoms with E-state index in [1.165, 1.54) is 0 Å². The highest BCUT2D eigenvalue weighted by Crippen LogP contribution is 2.62. The van der Waals surface area contributed by atoms with Gasteiger partial charge in [0.2, 0.25) is 0 Å². The van der Waals surface area contributed by atoms with Gasteiger partial charge in [0, 0.05) is 43.4 Å². The van der Waals surface area contributed by atoms with Gasteiger partial charge in [0.1, 0.15) is 11.8 Å². The summed E-state index contributed by atoms with van der Waals surface area (Å²) in [6.45, 7) is 5.17. The van der Waals surface area contributed by atoms with Crippen molar-refractivity contribution in [3.05, 3.63) is 11.6 Å². The normalized spacial score (nSPS) is 35.9. The molecule has 0 bridgehead atoms. The van der Waals surface area contributed by atoms with Crippen LogP contribution in [0.2, 0.25) is 0 Å². The van der Waals surface area contributed by atoms with Crippen LogP contribution >= 0.6 is 0 Å². The van der Waals surface area contributed by atoms with Crippen molar-refractivity contribution in [2.75, 3.05) is 13.6 Å². The summed E-state index contributed by atoms with van der Waals surface area (Å²) in [5, 5.41) is 5.61. The molecule has 7 atom stereocenters. The molecule has 0 radical (unpaired) electrons. The summed E-state index contributed by atoms with van der Waals surface area (Å²) < 4.78 is 12.7. The Morgan fingerprint density at radius 3 is 2.50 bits per heavy atom. The number of hydrogen-bond acceptors (Lipinski definition) is 6. The topological polar surface area (TPSA) is 168 Å². The largest absolute Gasteiger partial charge is 0.457 e. The summed E-state index contributed by atoms with van der Waals surface area (Å²) >= 11 is 0. The van der Waals surface area contributed by atoms with Gasteiger partial charge in [-0.1, -0.05) is 44.3 Å². The van der Waals surface area contributed by atoms with Crippen molar-refractivity contribution in [1.29, 1.82) is 0 Å². The molecule has 0 aromatic rings. The fourth-order valence-corrected chi connectivity index (χ4v) is 8.82. The number of epoxide rings is 1. The molecule has 10 nitrogen and oxygen atoms in total. The lowest BCUT2D eigenvalue weighted by Gasteiger charge is -2.38. The molecule has 0 spiro atoms. The van der Waals surface area contributed by atoms with Gasteiger partial charge in [-0.15, -0.1) is 0 Å². The van der Waals surface area contributed by atoms with Crippen molar-refractivity contribution in [1.82, 2.24) is 5.32 Å². The van der Waals surface area contributed by atoms with Gasteiger partial charge >= 0.3 is 11.9 Å². The maximum Gasteiger partial charge on any atom is 0.350 e. The van der Waals surface area contributed by atoms with E-state index in [0.717, 1.165) is 89.2 Å². The Balaban J connectivity index is 1.39. The first-order valence-electron chi connectivity index (χ1n) is 17.4. The Morgan fingerprint density at radius 2 is 1.84 bits per heavy atom. The number of esters is 1. The van der Waals surface area contributed by atoms with Crippen LogP contribution in [0.4, 0.5) is 0 Å². The second-order valence-electron chi connectivity index (χ2n) is 14.4. The van der Waals surface area contributed by atoms with Gasteiger partial charge in [-0.25, -0.2) is 4.79 Å². The van der Waals surface area contributed by atoms with E-state index in [1.54, 1.807) is 7.05 Å². The predicted molar refractivity (Wildman–Crippen MR) is 167 cm³/mol. The summed E-state index contributed by atoms with van der Waals surface area (Å²) in [4.78, 5) is 45.7. The molecule has 5 rings (SSSR count). The fourth-order valence-electron chi connectivity index (χ4n) is 8.82. The molecule has 10 heteroatoms. The van der Waals surface area contributed by atoms with Crippen molar-refractivity contribution in [2.45, 2.75) is 146 Å². The predicted octanol–water partition coefficient (Wildman–Crippen LogP) is 0.857. The Labute approximate surface area is 262 Å². The minimum absolute atomic E-state index is 0.0579. The van der Waals surface area contributed by atoms with Crippen molar-refractivity contribution in [2.24, 2.45) is 29.2 Å². The molecule has 0 aromatic heterocycles. The molecular formula is C34H57N5O5+2. The van der Waals surface area contributed by atoms with E-state index in [0.29, 0.717) is 31.1 Å². The number of ketones is 2. The van der Waals surface area contributed by atoms with E-state index < -0.39 is 28.7 Å². The number of guanidine groups is 1. The Bertz CT molecular complexity index is 1150. The number of carbonyl (C=O) groups excluding carboxylic acids is 3. The van der Waals surface area contributed by atoms with E-state index in [9.17, 15) is 14.4 Å². The maximum atomic E-state index is 14.2. The van der Waals surface area contributed by atoms with Gasteiger partial charge in [0.15, 0.2) is 17.2 Å². The zero-order valence-electron chi connectivity index (χ0n) is 27.3. The van der Waals surface area contributed by atoms with Crippen molar-refractivity contribution in [3.63, 3.8) is 0 Å². The van der Waals surface area contributed by atoms with E-state index in [-0.39, 0.29) is 36.1 Å². The number of unbranched alkanes of at least 4 members (excludes halogenated alkanes) is 2. The van der Waals surface area contributed by atoms with Gasteiger partial charge in [-0.05, 0) is 58.3 Å². The number of piperidine rings is 1. The second kappa shape index (κ2) is 13.6. The zero-order chi connectivity index (χ0) is 31.5. The zero-order valence-corrected chi connectivity index (χ0v) is 27.3. The van der Waals surface area contributed by atoms with E-state index in [1.807, 2.05) is 13.0 Å². The molecule has 3 aliphatic carbocycles. The van der Waals surface area contributed by atoms with Gasteiger partial charge < -0.3 is 14.8 Å². The van der Waals surface area contributed by atoms with Crippen LogP contribution in [-0.2, 0) is 23.9 Å². The number of nitrogens with two attached hydrogens (primary N) is 3. The van der Waals surface area contributed by atoms with E-state index in [2.05, 4.69) is 22.5 Å². The summed E-state index contributed by atoms with van der Waals surface area (Å²) in [5.41, 5.74) is 9.65. The molecule has 2 heterocycles. The number of nitrogens with one attached hydrogen (secondary N) is 2. The molecule has 2 saturated heterocycles. The minimum atomic E-state index is -1.81. The molecule has 3 saturated carbocycles. The van der Waals surface area contributed by atoms with Crippen LogP contribution < -0.4 is 27.1 Å². The molecule has 4 unspecified atom stereocenters. The van der Waals surface area contributed by atoms with Gasteiger partial charge in [-0.3, -0.25) is 31.4 Å². The van der Waals surface area contributed by atoms with Crippen LogP contribution in [0, 0.1) is 17.8 Å². The number of quaternary nitrogens is 1. The number of fused-ring (bicyclic) bond motifs is 2. The lowest BCUT2D eigenvalue weighted by Crippen LogP contribution is -2.95. The molecule has 8 N–H and O–H groups in total. The molecular weight excluding hydrogens is 558 g/mol. The lowest BCUT2D eigenvalue weighted by molar-refractivity contribution is -0.699. The van der Waals surface area contributed by atoms with Crippen LogP contribution in [0.1, 0.15) is 117 Å². The first-order valence-corrected chi connectivity index (χ1v) is 17.4. The number of Topliss-reactive ketones (excluding diaryl/α,β-unsaturated/α-hetero) is 2. The Morgan fingerprint density at radius 1 is 1.14 bits per heavy atom. The van der Waals surface area contributed by atoms with Crippen molar-refractivity contribution < 1.29 is 34.2 Å². The average molecular weight is 616 g/mol. The monoisotopic (exact) mass is 615 g/mol. The summed E-state index contributed by atoms with van der Waals surface area (Å²) in [7, 11) is 1.79. The third kappa shape index (κ3) is 6.23. The van der Waals surface area contributed by atoms with Gasteiger partial charge in [0.25, 0.3) is 5.60 Å². The number of rotatable bonds is 12. The van der Waals surface area contributed by atoms with Crippen molar-refractivity contribution >= 4 is 23.5 Å². The van der Waals surface area contributed by atoms with E-state index in [4.69, 9.17) is 20.9 Å². The van der Waals surface area contributed by atoms with Crippen LogP contribution in [0.5, 0.6) is 0 Å². The second-order valence-corrected chi connectivity index (χ2v) is 14.4.